The van der Waals surface area contributed by atoms with Gasteiger partial charge in [-0.25, -0.2) is 0 Å². The van der Waals surface area contributed by atoms with E-state index in [1.54, 1.807) is 0 Å². The third kappa shape index (κ3) is 3.54. The molecule has 3 aromatic carbocycles. The maximum Gasteiger partial charge on any atom is 0.140 e. The highest BCUT2D eigenvalue weighted by Gasteiger charge is 2.26. The van der Waals surface area contributed by atoms with Crippen molar-refractivity contribution in [2.45, 2.75) is 46.1 Å². The third-order valence-electron chi connectivity index (χ3n) is 6.20. The van der Waals surface area contributed by atoms with Gasteiger partial charge in [-0.1, -0.05) is 75.4 Å². The third-order valence-corrected chi connectivity index (χ3v) is 6.20. The Hall–Kier alpha value is -2.12. The Morgan fingerprint density at radius 3 is 2.12 bits per heavy atom. The summed E-state index contributed by atoms with van der Waals surface area (Å²) in [5, 5.41) is 2.69. The maximum atomic E-state index is 2.35. The van der Waals surface area contributed by atoms with Crippen molar-refractivity contribution in [3.8, 4) is 0 Å². The smallest absolute Gasteiger partial charge is 0.140 e. The number of fused-ring (bicyclic) bond motifs is 1. The number of quaternary nitrogens is 1. The molecule has 1 nitrogen and oxygen atoms in total. The van der Waals surface area contributed by atoms with Crippen LogP contribution in [0.3, 0.4) is 0 Å². The van der Waals surface area contributed by atoms with Gasteiger partial charge in [0.15, 0.2) is 0 Å². The normalized spacial score (nSPS) is 14.3. The van der Waals surface area contributed by atoms with Crippen molar-refractivity contribution in [3.05, 3.63) is 77.9 Å². The summed E-state index contributed by atoms with van der Waals surface area (Å²) in [5.74, 6) is 0. The molecule has 0 amide bonds. The summed E-state index contributed by atoms with van der Waals surface area (Å²) >= 11 is 0. The van der Waals surface area contributed by atoms with Crippen LogP contribution >= 0.6 is 0 Å². The second kappa shape index (κ2) is 7.25. The standard InChI is InChI=1S/C25H32N/c1-6-25(3,4)22-17-15-20(16-18-22)19-26(5,7-2)24-14-10-12-21-11-8-9-13-23(21)24/h8-18H,6-7,19H2,1-5H3/q+1. The lowest BCUT2D eigenvalue weighted by Crippen LogP contribution is -2.44. The molecule has 0 saturated carbocycles. The van der Waals surface area contributed by atoms with Crippen LogP contribution in [-0.2, 0) is 12.0 Å². The number of hydrogen-bond acceptors (Lipinski definition) is 0. The van der Waals surface area contributed by atoms with Crippen LogP contribution in [-0.4, -0.2) is 13.6 Å². The van der Waals surface area contributed by atoms with E-state index in [4.69, 9.17) is 0 Å². The van der Waals surface area contributed by atoms with Crippen molar-refractivity contribution in [1.82, 2.24) is 4.48 Å². The fourth-order valence-electron chi connectivity index (χ4n) is 3.71. The van der Waals surface area contributed by atoms with Crippen LogP contribution in [0, 0.1) is 0 Å². The minimum absolute atomic E-state index is 0.247. The molecule has 0 radical (unpaired) electrons. The first kappa shape index (κ1) is 18.7. The fourth-order valence-corrected chi connectivity index (χ4v) is 3.71. The topological polar surface area (TPSA) is 0 Å². The predicted octanol–water partition coefficient (Wildman–Crippen LogP) is 6.68. The van der Waals surface area contributed by atoms with E-state index in [1.807, 2.05) is 0 Å². The molecule has 26 heavy (non-hydrogen) atoms. The molecule has 0 fully saturated rings. The van der Waals surface area contributed by atoms with Crippen LogP contribution in [0.5, 0.6) is 0 Å². The van der Waals surface area contributed by atoms with E-state index in [9.17, 15) is 0 Å². The van der Waals surface area contributed by atoms with Gasteiger partial charge in [0, 0.05) is 10.9 Å². The predicted molar refractivity (Wildman–Crippen MR) is 116 cm³/mol. The van der Waals surface area contributed by atoms with Crippen LogP contribution in [0.4, 0.5) is 5.69 Å². The van der Waals surface area contributed by atoms with Gasteiger partial charge in [0.25, 0.3) is 0 Å². The maximum absolute atomic E-state index is 2.35. The average molecular weight is 347 g/mol. The summed E-state index contributed by atoms with van der Waals surface area (Å²) in [7, 11) is 2.35. The number of rotatable bonds is 6. The first-order valence-corrected chi connectivity index (χ1v) is 9.82. The molecule has 3 aromatic rings. The minimum atomic E-state index is 0.247. The summed E-state index contributed by atoms with van der Waals surface area (Å²) < 4.78 is 0.915. The van der Waals surface area contributed by atoms with Crippen molar-refractivity contribution < 1.29 is 0 Å². The van der Waals surface area contributed by atoms with Gasteiger partial charge in [-0.2, -0.15) is 0 Å². The molecule has 136 valence electrons. The molecule has 0 saturated heterocycles. The second-order valence-electron chi connectivity index (χ2n) is 8.30. The molecule has 1 heteroatoms. The lowest BCUT2D eigenvalue weighted by atomic mass is 9.82. The van der Waals surface area contributed by atoms with Crippen molar-refractivity contribution in [3.63, 3.8) is 0 Å². The van der Waals surface area contributed by atoms with Gasteiger partial charge in [-0.3, -0.25) is 4.48 Å². The summed E-state index contributed by atoms with van der Waals surface area (Å²) in [4.78, 5) is 0. The Morgan fingerprint density at radius 1 is 0.808 bits per heavy atom. The summed E-state index contributed by atoms with van der Waals surface area (Å²) in [6.07, 6.45) is 1.16. The van der Waals surface area contributed by atoms with E-state index in [1.165, 1.54) is 27.6 Å². The van der Waals surface area contributed by atoms with Crippen molar-refractivity contribution in [1.29, 1.82) is 0 Å². The lowest BCUT2D eigenvalue weighted by Gasteiger charge is -2.34. The molecule has 0 bridgehead atoms. The zero-order chi connectivity index (χ0) is 18.8. The molecular formula is C25H32N+. The molecule has 3 rings (SSSR count). The van der Waals surface area contributed by atoms with E-state index in [0.29, 0.717) is 0 Å². The lowest BCUT2D eigenvalue weighted by molar-refractivity contribution is 0.341. The van der Waals surface area contributed by atoms with Gasteiger partial charge in [0.1, 0.15) is 12.2 Å². The first-order valence-electron chi connectivity index (χ1n) is 9.82. The largest absolute Gasteiger partial charge is 0.289 e. The van der Waals surface area contributed by atoms with Gasteiger partial charge in [-0.05, 0) is 41.8 Å². The molecule has 0 heterocycles. The number of benzene rings is 3. The van der Waals surface area contributed by atoms with Crippen molar-refractivity contribution in [2.75, 3.05) is 13.6 Å². The fraction of sp³-hybridized carbons (Fsp3) is 0.360. The van der Waals surface area contributed by atoms with Gasteiger partial charge in [0.05, 0.1) is 13.6 Å². The Labute approximate surface area is 158 Å². The van der Waals surface area contributed by atoms with Crippen LogP contribution < -0.4 is 4.48 Å². The Morgan fingerprint density at radius 2 is 1.46 bits per heavy atom. The van der Waals surface area contributed by atoms with E-state index in [2.05, 4.69) is 101 Å². The molecule has 0 aromatic heterocycles. The van der Waals surface area contributed by atoms with E-state index < -0.39 is 0 Å². The Balaban J connectivity index is 1.95. The molecule has 0 aliphatic rings. The van der Waals surface area contributed by atoms with E-state index in [0.717, 1.165) is 24.0 Å². The second-order valence-corrected chi connectivity index (χ2v) is 8.30. The molecule has 0 aliphatic heterocycles. The average Bonchev–Trinajstić information content (AvgIpc) is 2.68. The summed E-state index contributed by atoms with van der Waals surface area (Å²) in [5.41, 5.74) is 4.48. The quantitative estimate of drug-likeness (QED) is 0.436. The highest BCUT2D eigenvalue weighted by atomic mass is 15.3. The Bertz CT molecular complexity index is 871. The molecule has 1 atom stereocenters. The highest BCUT2D eigenvalue weighted by molar-refractivity contribution is 5.93. The summed E-state index contributed by atoms with van der Waals surface area (Å²) in [6.45, 7) is 11.3. The van der Waals surface area contributed by atoms with Crippen molar-refractivity contribution >= 4 is 16.5 Å². The zero-order valence-electron chi connectivity index (χ0n) is 16.9. The Kier molecular flexibility index (Phi) is 5.20. The molecule has 0 spiro atoms. The van der Waals surface area contributed by atoms with E-state index >= 15 is 0 Å². The van der Waals surface area contributed by atoms with Crippen molar-refractivity contribution in [2.24, 2.45) is 0 Å². The van der Waals surface area contributed by atoms with Gasteiger partial charge in [0.2, 0.25) is 0 Å². The summed E-state index contributed by atoms with van der Waals surface area (Å²) in [6, 6.07) is 24.7. The zero-order valence-corrected chi connectivity index (χ0v) is 16.9. The molecule has 0 N–H and O–H groups in total. The van der Waals surface area contributed by atoms with E-state index in [-0.39, 0.29) is 5.41 Å². The number of hydrogen-bond donors (Lipinski definition) is 0. The SMILES string of the molecule is CCC(C)(C)c1ccc(C[N+](C)(CC)c2cccc3ccccc23)cc1. The van der Waals surface area contributed by atoms with Crippen LogP contribution in [0.15, 0.2) is 66.7 Å². The van der Waals surface area contributed by atoms with Gasteiger partial charge < -0.3 is 0 Å². The molecular weight excluding hydrogens is 314 g/mol. The first-order chi connectivity index (χ1) is 12.4. The molecule has 0 aliphatic carbocycles. The highest BCUT2D eigenvalue weighted by Crippen LogP contribution is 2.33. The minimum Gasteiger partial charge on any atom is -0.289 e. The van der Waals surface area contributed by atoms with Crippen LogP contribution in [0.25, 0.3) is 10.8 Å². The van der Waals surface area contributed by atoms with Gasteiger partial charge >= 0.3 is 0 Å². The molecule has 1 unspecified atom stereocenters. The number of nitrogens with zero attached hydrogens (tertiary/aromatic N) is 1. The van der Waals surface area contributed by atoms with Crippen LogP contribution in [0.1, 0.15) is 45.2 Å². The van der Waals surface area contributed by atoms with Gasteiger partial charge in [-0.15, -0.1) is 0 Å². The van der Waals surface area contributed by atoms with Crippen LogP contribution in [0.2, 0.25) is 0 Å². The monoisotopic (exact) mass is 346 g/mol.